The number of carbonyl (C=O) groups excluding carboxylic acids is 1. The number of hydrogen-bond donors (Lipinski definition) is 3. The third-order valence-electron chi connectivity index (χ3n) is 3.04. The lowest BCUT2D eigenvalue weighted by Crippen LogP contribution is -2.49. The van der Waals surface area contributed by atoms with Crippen molar-refractivity contribution in [3.05, 3.63) is 24.0 Å². The van der Waals surface area contributed by atoms with E-state index in [1.54, 1.807) is 6.20 Å². The Bertz CT molecular complexity index is 566. The van der Waals surface area contributed by atoms with Crippen LogP contribution >= 0.6 is 0 Å². The SMILES string of the molecule is Cc1cc(NCCN2CCNCC2=O)ccn1.O=C(O)C(F)(F)F. The molecule has 0 aromatic carbocycles. The Morgan fingerprint density at radius 1 is 1.50 bits per heavy atom. The van der Waals surface area contributed by atoms with Crippen molar-refractivity contribution in [3.63, 3.8) is 0 Å². The summed E-state index contributed by atoms with van der Waals surface area (Å²) >= 11 is 0. The number of piperazine rings is 1. The van der Waals surface area contributed by atoms with Gasteiger partial charge in [-0.25, -0.2) is 4.79 Å². The van der Waals surface area contributed by atoms with Gasteiger partial charge in [0.1, 0.15) is 0 Å². The van der Waals surface area contributed by atoms with E-state index in [-0.39, 0.29) is 5.91 Å². The lowest BCUT2D eigenvalue weighted by atomic mass is 10.3. The van der Waals surface area contributed by atoms with E-state index in [2.05, 4.69) is 15.6 Å². The van der Waals surface area contributed by atoms with Gasteiger partial charge in [-0.15, -0.1) is 0 Å². The van der Waals surface area contributed by atoms with E-state index in [4.69, 9.17) is 9.90 Å². The summed E-state index contributed by atoms with van der Waals surface area (Å²) < 4.78 is 31.7. The maximum absolute atomic E-state index is 11.5. The van der Waals surface area contributed by atoms with Crippen LogP contribution in [0.15, 0.2) is 18.3 Å². The van der Waals surface area contributed by atoms with Gasteiger partial charge in [0.25, 0.3) is 0 Å². The van der Waals surface area contributed by atoms with Gasteiger partial charge in [-0.2, -0.15) is 13.2 Å². The van der Waals surface area contributed by atoms with Crippen LogP contribution in [0.5, 0.6) is 0 Å². The maximum Gasteiger partial charge on any atom is 0.490 e. The fourth-order valence-corrected chi connectivity index (χ4v) is 1.87. The molecular formula is C14H19F3N4O3. The number of amides is 1. The van der Waals surface area contributed by atoms with E-state index in [0.29, 0.717) is 6.54 Å². The van der Waals surface area contributed by atoms with Gasteiger partial charge < -0.3 is 20.6 Å². The molecule has 24 heavy (non-hydrogen) atoms. The molecule has 0 aliphatic carbocycles. The molecule has 7 nitrogen and oxygen atoms in total. The average Bonchev–Trinajstić information content (AvgIpc) is 2.49. The molecule has 0 spiro atoms. The summed E-state index contributed by atoms with van der Waals surface area (Å²) in [6, 6.07) is 3.94. The highest BCUT2D eigenvalue weighted by Crippen LogP contribution is 2.13. The van der Waals surface area contributed by atoms with Crippen molar-refractivity contribution in [2.24, 2.45) is 0 Å². The number of aliphatic carboxylic acids is 1. The minimum absolute atomic E-state index is 0.184. The number of nitrogens with one attached hydrogen (secondary N) is 2. The quantitative estimate of drug-likeness (QED) is 0.747. The molecule has 1 aliphatic rings. The molecule has 1 amide bonds. The molecule has 134 valence electrons. The Balaban J connectivity index is 0.000000351. The van der Waals surface area contributed by atoms with Crippen LogP contribution in [0.3, 0.4) is 0 Å². The normalized spacial score (nSPS) is 14.7. The van der Waals surface area contributed by atoms with E-state index in [0.717, 1.165) is 37.6 Å². The predicted octanol–water partition coefficient (Wildman–Crippen LogP) is 0.867. The molecule has 0 unspecified atom stereocenters. The van der Waals surface area contributed by atoms with Crippen molar-refractivity contribution >= 4 is 17.6 Å². The molecule has 1 aromatic heterocycles. The number of pyridine rings is 1. The first-order valence-corrected chi connectivity index (χ1v) is 7.15. The van der Waals surface area contributed by atoms with Crippen molar-refractivity contribution in [1.29, 1.82) is 0 Å². The van der Waals surface area contributed by atoms with Gasteiger partial charge in [0.2, 0.25) is 5.91 Å². The second-order valence-corrected chi connectivity index (χ2v) is 4.97. The molecule has 1 fully saturated rings. The van der Waals surface area contributed by atoms with Gasteiger partial charge in [0.05, 0.1) is 6.54 Å². The monoisotopic (exact) mass is 348 g/mol. The molecule has 2 heterocycles. The summed E-state index contributed by atoms with van der Waals surface area (Å²) in [6.45, 7) is 5.65. The zero-order chi connectivity index (χ0) is 18.2. The second-order valence-electron chi connectivity index (χ2n) is 4.97. The van der Waals surface area contributed by atoms with E-state index < -0.39 is 12.1 Å². The Kier molecular flexibility index (Phi) is 7.43. The first kappa shape index (κ1) is 19.7. The van der Waals surface area contributed by atoms with Crippen LogP contribution in [0.1, 0.15) is 5.69 Å². The van der Waals surface area contributed by atoms with Crippen LogP contribution in [-0.4, -0.2) is 65.8 Å². The summed E-state index contributed by atoms with van der Waals surface area (Å²) in [5.41, 5.74) is 2.05. The van der Waals surface area contributed by atoms with Crippen LogP contribution in [0, 0.1) is 6.92 Å². The summed E-state index contributed by atoms with van der Waals surface area (Å²) in [5, 5.41) is 13.5. The molecule has 1 saturated heterocycles. The number of rotatable bonds is 4. The highest BCUT2D eigenvalue weighted by molar-refractivity contribution is 5.79. The maximum atomic E-state index is 11.5. The third-order valence-corrected chi connectivity index (χ3v) is 3.04. The largest absolute Gasteiger partial charge is 0.490 e. The number of alkyl halides is 3. The third kappa shape index (κ3) is 7.27. The molecule has 0 atom stereocenters. The van der Waals surface area contributed by atoms with E-state index in [9.17, 15) is 18.0 Å². The first-order chi connectivity index (χ1) is 11.2. The highest BCUT2D eigenvalue weighted by Gasteiger charge is 2.38. The Morgan fingerprint density at radius 3 is 2.71 bits per heavy atom. The van der Waals surface area contributed by atoms with Gasteiger partial charge in [-0.05, 0) is 19.1 Å². The topological polar surface area (TPSA) is 94.6 Å². The Hall–Kier alpha value is -2.36. The average molecular weight is 348 g/mol. The fraction of sp³-hybridized carbons (Fsp3) is 0.500. The van der Waals surface area contributed by atoms with Crippen LogP contribution in [-0.2, 0) is 9.59 Å². The molecule has 1 aliphatic heterocycles. The van der Waals surface area contributed by atoms with Gasteiger partial charge >= 0.3 is 12.1 Å². The number of carboxylic acids is 1. The standard InChI is InChI=1S/C12H18N4O.C2HF3O2/c1-10-8-11(2-3-14-10)15-5-7-16-6-4-13-9-12(16)17;3-2(4,5)1(6)7/h2-3,8,13H,4-7,9H2,1H3,(H,14,15);(H,6,7). The van der Waals surface area contributed by atoms with Crippen molar-refractivity contribution in [2.45, 2.75) is 13.1 Å². The second kappa shape index (κ2) is 9.06. The summed E-state index contributed by atoms with van der Waals surface area (Å²) in [4.78, 5) is 26.4. The summed E-state index contributed by atoms with van der Waals surface area (Å²) in [7, 11) is 0. The Morgan fingerprint density at radius 2 is 2.17 bits per heavy atom. The van der Waals surface area contributed by atoms with Crippen molar-refractivity contribution in [2.75, 3.05) is 38.0 Å². The predicted molar refractivity (Wildman–Crippen MR) is 80.6 cm³/mol. The zero-order valence-corrected chi connectivity index (χ0v) is 13.1. The minimum atomic E-state index is -5.08. The van der Waals surface area contributed by atoms with Gasteiger partial charge in [0.15, 0.2) is 0 Å². The molecule has 10 heteroatoms. The minimum Gasteiger partial charge on any atom is -0.475 e. The summed E-state index contributed by atoms with van der Waals surface area (Å²) in [5.74, 6) is -2.57. The van der Waals surface area contributed by atoms with Crippen molar-refractivity contribution < 1.29 is 27.9 Å². The van der Waals surface area contributed by atoms with Crippen molar-refractivity contribution in [1.82, 2.24) is 15.2 Å². The van der Waals surface area contributed by atoms with Crippen LogP contribution in [0.25, 0.3) is 0 Å². The molecule has 0 radical (unpaired) electrons. The lowest BCUT2D eigenvalue weighted by Gasteiger charge is -2.27. The number of carboxylic acid groups (broad SMARTS) is 1. The van der Waals surface area contributed by atoms with Gasteiger partial charge in [-0.1, -0.05) is 0 Å². The van der Waals surface area contributed by atoms with E-state index >= 15 is 0 Å². The smallest absolute Gasteiger partial charge is 0.475 e. The number of aryl methyl sites for hydroxylation is 1. The zero-order valence-electron chi connectivity index (χ0n) is 13.1. The molecule has 1 aromatic rings. The van der Waals surface area contributed by atoms with Gasteiger partial charge in [-0.3, -0.25) is 9.78 Å². The highest BCUT2D eigenvalue weighted by atomic mass is 19.4. The molecule has 0 bridgehead atoms. The number of halogens is 3. The Labute approximate surface area is 136 Å². The lowest BCUT2D eigenvalue weighted by molar-refractivity contribution is -0.192. The number of anilines is 1. The van der Waals surface area contributed by atoms with E-state index in [1.165, 1.54) is 0 Å². The number of aromatic nitrogens is 1. The molecule has 0 saturated carbocycles. The number of carbonyl (C=O) groups is 2. The van der Waals surface area contributed by atoms with Crippen molar-refractivity contribution in [3.8, 4) is 0 Å². The molecule has 2 rings (SSSR count). The van der Waals surface area contributed by atoms with Crippen LogP contribution in [0.2, 0.25) is 0 Å². The fourth-order valence-electron chi connectivity index (χ4n) is 1.87. The number of hydrogen-bond acceptors (Lipinski definition) is 5. The van der Waals surface area contributed by atoms with Crippen LogP contribution in [0.4, 0.5) is 18.9 Å². The first-order valence-electron chi connectivity index (χ1n) is 7.15. The summed E-state index contributed by atoms with van der Waals surface area (Å²) in [6.07, 6.45) is -3.30. The number of nitrogens with zero attached hydrogens (tertiary/aromatic N) is 2. The van der Waals surface area contributed by atoms with Gasteiger partial charge in [0, 0.05) is 43.8 Å². The molecule has 3 N–H and O–H groups in total. The van der Waals surface area contributed by atoms with Crippen LogP contribution < -0.4 is 10.6 Å². The molecular weight excluding hydrogens is 329 g/mol. The van der Waals surface area contributed by atoms with E-state index in [1.807, 2.05) is 24.0 Å².